The first-order valence-corrected chi connectivity index (χ1v) is 7.88. The molecule has 0 amide bonds. The molecule has 3 saturated heterocycles. The highest BCUT2D eigenvalue weighted by atomic mass is 32.2. The number of epoxide rings is 1. The van der Waals surface area contributed by atoms with Gasteiger partial charge in [-0.2, -0.15) is 8.42 Å². The van der Waals surface area contributed by atoms with Gasteiger partial charge in [-0.3, -0.25) is 4.18 Å². The molecule has 3 aliphatic heterocycles. The SMILES string of the molecule is Cc1ccc(S(=O)(=O)O[C@H]2[C@@H]3OC[C@H](O3)[C@H]3O[C@H]23)cc1. The quantitative estimate of drug-likeness (QED) is 0.600. The van der Waals surface area contributed by atoms with Gasteiger partial charge in [0.15, 0.2) is 12.4 Å². The highest BCUT2D eigenvalue weighted by Crippen LogP contribution is 2.43. The maximum Gasteiger partial charge on any atom is 0.297 e. The lowest BCUT2D eigenvalue weighted by Gasteiger charge is -2.23. The van der Waals surface area contributed by atoms with Crippen molar-refractivity contribution >= 4 is 10.1 Å². The van der Waals surface area contributed by atoms with Gasteiger partial charge in [0, 0.05) is 0 Å². The molecule has 0 aliphatic carbocycles. The topological polar surface area (TPSA) is 74.4 Å². The van der Waals surface area contributed by atoms with Crippen LogP contribution in [-0.2, 0) is 28.5 Å². The molecule has 3 fully saturated rings. The number of fused-ring (bicyclic) bond motifs is 4. The minimum Gasteiger partial charge on any atom is -0.364 e. The molecule has 0 saturated carbocycles. The zero-order valence-corrected chi connectivity index (χ0v) is 11.6. The normalized spacial score (nSPS) is 38.5. The van der Waals surface area contributed by atoms with Crippen LogP contribution < -0.4 is 0 Å². The van der Waals surface area contributed by atoms with Gasteiger partial charge in [0.2, 0.25) is 0 Å². The molecular formula is C13H14O6S. The van der Waals surface area contributed by atoms with E-state index in [0.717, 1.165) is 5.56 Å². The number of aryl methyl sites for hydroxylation is 1. The minimum absolute atomic E-state index is 0.0908. The van der Waals surface area contributed by atoms with Crippen LogP contribution in [0.3, 0.4) is 0 Å². The van der Waals surface area contributed by atoms with Gasteiger partial charge in [-0.15, -0.1) is 0 Å². The molecule has 1 aromatic carbocycles. The fourth-order valence-corrected chi connectivity index (χ4v) is 3.72. The summed E-state index contributed by atoms with van der Waals surface area (Å²) in [5.74, 6) is 0. The molecule has 1 aromatic rings. The summed E-state index contributed by atoms with van der Waals surface area (Å²) in [5, 5.41) is 0. The molecule has 3 aliphatic rings. The number of ether oxygens (including phenoxy) is 3. The average Bonchev–Trinajstić information content (AvgIpc) is 3.09. The predicted molar refractivity (Wildman–Crippen MR) is 66.5 cm³/mol. The van der Waals surface area contributed by atoms with Crippen LogP contribution in [0, 0.1) is 6.92 Å². The van der Waals surface area contributed by atoms with Gasteiger partial charge >= 0.3 is 0 Å². The van der Waals surface area contributed by atoms with E-state index in [9.17, 15) is 8.42 Å². The summed E-state index contributed by atoms with van der Waals surface area (Å²) < 4.78 is 46.2. The first-order valence-electron chi connectivity index (χ1n) is 6.47. The van der Waals surface area contributed by atoms with Crippen molar-refractivity contribution in [2.75, 3.05) is 6.61 Å². The second-order valence-electron chi connectivity index (χ2n) is 5.27. The molecule has 0 N–H and O–H groups in total. The van der Waals surface area contributed by atoms with Crippen LogP contribution in [0.5, 0.6) is 0 Å². The van der Waals surface area contributed by atoms with Crippen molar-refractivity contribution in [2.45, 2.75) is 42.5 Å². The standard InChI is InChI=1S/C13H14O6S/c1-7-2-4-8(5-3-7)20(14,15)19-12-11-10(18-11)9-6-16-13(12)17-9/h2-5,9-13H,6H2,1H3/t9-,10+,11-,12+,13+/m0/s1. The molecule has 0 aromatic heterocycles. The van der Waals surface area contributed by atoms with Gasteiger partial charge in [0.05, 0.1) is 11.5 Å². The maximum absolute atomic E-state index is 12.3. The van der Waals surface area contributed by atoms with Gasteiger partial charge in [0.25, 0.3) is 10.1 Å². The van der Waals surface area contributed by atoms with E-state index in [2.05, 4.69) is 0 Å². The molecule has 0 unspecified atom stereocenters. The summed E-state index contributed by atoms with van der Waals surface area (Å²) in [6.45, 7) is 2.32. The fourth-order valence-electron chi connectivity index (χ4n) is 2.65. The Morgan fingerprint density at radius 2 is 1.90 bits per heavy atom. The number of hydrogen-bond donors (Lipinski definition) is 0. The lowest BCUT2D eigenvalue weighted by Crippen LogP contribution is -2.42. The summed E-state index contributed by atoms with van der Waals surface area (Å²) in [6.07, 6.45) is -1.84. The van der Waals surface area contributed by atoms with E-state index in [1.807, 2.05) is 6.92 Å². The van der Waals surface area contributed by atoms with Crippen LogP contribution in [0.15, 0.2) is 29.2 Å². The van der Waals surface area contributed by atoms with Crippen molar-refractivity contribution in [3.63, 3.8) is 0 Å². The van der Waals surface area contributed by atoms with Crippen LogP contribution in [0.1, 0.15) is 5.56 Å². The van der Waals surface area contributed by atoms with Crippen LogP contribution in [0.4, 0.5) is 0 Å². The van der Waals surface area contributed by atoms with E-state index in [-0.39, 0.29) is 23.2 Å². The van der Waals surface area contributed by atoms with Crippen LogP contribution in [-0.4, -0.2) is 45.7 Å². The van der Waals surface area contributed by atoms with E-state index in [1.165, 1.54) is 12.1 Å². The second kappa shape index (κ2) is 4.25. The van der Waals surface area contributed by atoms with E-state index in [0.29, 0.717) is 6.61 Å². The van der Waals surface area contributed by atoms with Gasteiger partial charge < -0.3 is 14.2 Å². The Morgan fingerprint density at radius 1 is 1.15 bits per heavy atom. The summed E-state index contributed by atoms with van der Waals surface area (Å²) in [5.41, 5.74) is 0.984. The Hall–Kier alpha value is -0.990. The average molecular weight is 298 g/mol. The maximum atomic E-state index is 12.3. The van der Waals surface area contributed by atoms with Crippen molar-refractivity contribution in [1.29, 1.82) is 0 Å². The Kier molecular flexibility index (Phi) is 2.71. The predicted octanol–water partition coefficient (Wildman–Crippen LogP) is 0.591. The van der Waals surface area contributed by atoms with Gasteiger partial charge in [-0.25, -0.2) is 0 Å². The first-order chi connectivity index (χ1) is 9.54. The van der Waals surface area contributed by atoms with E-state index >= 15 is 0 Å². The highest BCUT2D eigenvalue weighted by molar-refractivity contribution is 7.86. The minimum atomic E-state index is -3.85. The fraction of sp³-hybridized carbons (Fsp3) is 0.538. The van der Waals surface area contributed by atoms with Crippen LogP contribution >= 0.6 is 0 Å². The molecule has 3 heterocycles. The Labute approximate surface area is 116 Å². The second-order valence-corrected chi connectivity index (χ2v) is 6.84. The molecule has 4 rings (SSSR count). The summed E-state index contributed by atoms with van der Waals surface area (Å²) in [6, 6.07) is 6.51. The van der Waals surface area contributed by atoms with Crippen molar-refractivity contribution < 1.29 is 26.8 Å². The smallest absolute Gasteiger partial charge is 0.297 e. The van der Waals surface area contributed by atoms with Crippen molar-refractivity contribution in [1.82, 2.24) is 0 Å². The molecule has 20 heavy (non-hydrogen) atoms. The molecular weight excluding hydrogens is 284 g/mol. The first kappa shape index (κ1) is 12.7. The van der Waals surface area contributed by atoms with Crippen molar-refractivity contribution in [3.05, 3.63) is 29.8 Å². The van der Waals surface area contributed by atoms with E-state index < -0.39 is 22.5 Å². The molecule has 5 atom stereocenters. The van der Waals surface area contributed by atoms with Gasteiger partial charge in [0.1, 0.15) is 18.3 Å². The molecule has 2 bridgehead atoms. The lowest BCUT2D eigenvalue weighted by molar-refractivity contribution is -0.133. The zero-order valence-electron chi connectivity index (χ0n) is 10.8. The Morgan fingerprint density at radius 3 is 2.65 bits per heavy atom. The lowest BCUT2D eigenvalue weighted by atomic mass is 10.1. The van der Waals surface area contributed by atoms with Crippen molar-refractivity contribution in [2.24, 2.45) is 0 Å². The van der Waals surface area contributed by atoms with Gasteiger partial charge in [-0.1, -0.05) is 17.7 Å². The van der Waals surface area contributed by atoms with Gasteiger partial charge in [-0.05, 0) is 19.1 Å². The monoisotopic (exact) mass is 298 g/mol. The third-order valence-electron chi connectivity index (χ3n) is 3.80. The molecule has 108 valence electrons. The molecule has 7 heteroatoms. The molecule has 6 nitrogen and oxygen atoms in total. The molecule has 0 radical (unpaired) electrons. The zero-order chi connectivity index (χ0) is 13.9. The summed E-state index contributed by atoms with van der Waals surface area (Å²) in [4.78, 5) is 0.125. The highest BCUT2D eigenvalue weighted by Gasteiger charge is 2.63. The van der Waals surface area contributed by atoms with Crippen LogP contribution in [0.25, 0.3) is 0 Å². The largest absolute Gasteiger partial charge is 0.364 e. The third-order valence-corrected chi connectivity index (χ3v) is 5.13. The van der Waals surface area contributed by atoms with Crippen LogP contribution in [0.2, 0.25) is 0 Å². The third kappa shape index (κ3) is 1.97. The van der Waals surface area contributed by atoms with E-state index in [4.69, 9.17) is 18.4 Å². The Balaban J connectivity index is 1.57. The van der Waals surface area contributed by atoms with E-state index in [1.54, 1.807) is 12.1 Å². The van der Waals surface area contributed by atoms with Crippen molar-refractivity contribution in [3.8, 4) is 0 Å². The number of benzene rings is 1. The Bertz CT molecular complexity index is 625. The summed E-state index contributed by atoms with van der Waals surface area (Å²) >= 11 is 0. The number of rotatable bonds is 3. The molecule has 0 spiro atoms. The number of hydrogen-bond acceptors (Lipinski definition) is 6. The summed E-state index contributed by atoms with van der Waals surface area (Å²) in [7, 11) is -3.85.